The fraction of sp³-hybridized carbons (Fsp3) is 0.0714. The van der Waals surface area contributed by atoms with Crippen molar-refractivity contribution < 1.29 is 22.7 Å². The van der Waals surface area contributed by atoms with E-state index in [0.717, 1.165) is 6.07 Å². The molecule has 0 amide bonds. The van der Waals surface area contributed by atoms with Gasteiger partial charge in [-0.1, -0.05) is 15.9 Å². The average Bonchev–Trinajstić information content (AvgIpc) is 2.42. The number of rotatable bonds is 4. The molecule has 0 saturated heterocycles. The first-order valence-corrected chi connectivity index (χ1v) is 6.31. The zero-order valence-electron chi connectivity index (χ0n) is 10.00. The zero-order valence-corrected chi connectivity index (χ0v) is 11.6. The highest BCUT2D eigenvalue weighted by molar-refractivity contribution is 9.10. The summed E-state index contributed by atoms with van der Waals surface area (Å²) < 4.78 is 45.2. The standard InChI is InChI=1S/C14H8BrF3O2/c15-10-1-2-14(8(3-10)6-19)20-7-9-4-12(17)13(18)5-11(9)16/h1-6H,7H2. The van der Waals surface area contributed by atoms with Crippen LogP contribution in [0.15, 0.2) is 34.8 Å². The topological polar surface area (TPSA) is 26.3 Å². The maximum absolute atomic E-state index is 13.4. The quantitative estimate of drug-likeness (QED) is 0.612. The number of benzene rings is 2. The van der Waals surface area contributed by atoms with Gasteiger partial charge in [0.25, 0.3) is 0 Å². The third-order valence-electron chi connectivity index (χ3n) is 2.57. The van der Waals surface area contributed by atoms with Crippen LogP contribution in [0.4, 0.5) is 13.2 Å². The highest BCUT2D eigenvalue weighted by atomic mass is 79.9. The summed E-state index contributed by atoms with van der Waals surface area (Å²) in [7, 11) is 0. The van der Waals surface area contributed by atoms with Gasteiger partial charge in [-0.15, -0.1) is 0 Å². The number of carbonyl (C=O) groups is 1. The average molecular weight is 345 g/mol. The molecule has 20 heavy (non-hydrogen) atoms. The van der Waals surface area contributed by atoms with Gasteiger partial charge in [-0.2, -0.15) is 0 Å². The maximum atomic E-state index is 13.4. The Hall–Kier alpha value is -1.82. The first-order valence-electron chi connectivity index (χ1n) is 5.52. The van der Waals surface area contributed by atoms with Crippen molar-refractivity contribution in [1.82, 2.24) is 0 Å². The van der Waals surface area contributed by atoms with E-state index in [9.17, 15) is 18.0 Å². The molecule has 0 unspecified atom stereocenters. The summed E-state index contributed by atoms with van der Waals surface area (Å²) in [5.41, 5.74) is 0.131. The minimum absolute atomic E-state index is 0.135. The number of carbonyl (C=O) groups excluding carboxylic acids is 1. The van der Waals surface area contributed by atoms with Crippen LogP contribution in [0.2, 0.25) is 0 Å². The number of hydrogen-bond acceptors (Lipinski definition) is 2. The summed E-state index contributed by atoms with van der Waals surface area (Å²) in [6.45, 7) is -0.314. The molecule has 0 aliphatic carbocycles. The van der Waals surface area contributed by atoms with Gasteiger partial charge in [-0.3, -0.25) is 4.79 Å². The van der Waals surface area contributed by atoms with Crippen molar-refractivity contribution in [3.8, 4) is 5.75 Å². The smallest absolute Gasteiger partial charge is 0.161 e. The predicted octanol–water partition coefficient (Wildman–Crippen LogP) is 4.26. The molecule has 2 aromatic carbocycles. The largest absolute Gasteiger partial charge is 0.488 e. The van der Waals surface area contributed by atoms with Crippen LogP contribution in [0.1, 0.15) is 15.9 Å². The molecule has 2 nitrogen and oxygen atoms in total. The SMILES string of the molecule is O=Cc1cc(Br)ccc1OCc1cc(F)c(F)cc1F. The molecule has 0 N–H and O–H groups in total. The fourth-order valence-electron chi connectivity index (χ4n) is 1.57. The number of aldehydes is 1. The molecule has 0 fully saturated rings. The van der Waals surface area contributed by atoms with Gasteiger partial charge < -0.3 is 4.74 Å². The molecule has 2 aromatic rings. The summed E-state index contributed by atoms with van der Waals surface area (Å²) >= 11 is 3.20. The Morgan fingerprint density at radius 3 is 2.45 bits per heavy atom. The minimum atomic E-state index is -1.26. The molecular weight excluding hydrogens is 337 g/mol. The third-order valence-corrected chi connectivity index (χ3v) is 3.06. The molecule has 6 heteroatoms. The Kier molecular flexibility index (Phi) is 4.44. The molecule has 0 atom stereocenters. The van der Waals surface area contributed by atoms with Gasteiger partial charge in [-0.25, -0.2) is 13.2 Å². The van der Waals surface area contributed by atoms with Gasteiger partial charge in [0.2, 0.25) is 0 Å². The lowest BCUT2D eigenvalue weighted by molar-refractivity contribution is 0.111. The molecule has 0 aliphatic heterocycles. The first kappa shape index (κ1) is 14.6. The number of hydrogen-bond donors (Lipinski definition) is 0. The van der Waals surface area contributed by atoms with E-state index in [-0.39, 0.29) is 23.5 Å². The normalized spacial score (nSPS) is 10.4. The van der Waals surface area contributed by atoms with E-state index in [1.54, 1.807) is 6.07 Å². The molecule has 0 aromatic heterocycles. The summed E-state index contributed by atoms with van der Waals surface area (Å²) in [4.78, 5) is 10.9. The van der Waals surface area contributed by atoms with E-state index in [0.29, 0.717) is 16.8 Å². The van der Waals surface area contributed by atoms with Crippen LogP contribution in [0, 0.1) is 17.5 Å². The lowest BCUT2D eigenvalue weighted by Gasteiger charge is -2.10. The van der Waals surface area contributed by atoms with E-state index in [1.165, 1.54) is 12.1 Å². The molecule has 0 saturated carbocycles. The van der Waals surface area contributed by atoms with Crippen LogP contribution in [-0.2, 0) is 6.61 Å². The molecule has 0 heterocycles. The monoisotopic (exact) mass is 344 g/mol. The Labute approximate surface area is 121 Å². The van der Waals surface area contributed by atoms with Gasteiger partial charge in [0, 0.05) is 16.1 Å². The second-order valence-electron chi connectivity index (χ2n) is 3.95. The van der Waals surface area contributed by atoms with Crippen molar-refractivity contribution in [2.75, 3.05) is 0 Å². The highest BCUT2D eigenvalue weighted by Gasteiger charge is 2.11. The van der Waals surface area contributed by atoms with Gasteiger partial charge in [0.05, 0.1) is 5.56 Å². The van der Waals surface area contributed by atoms with Crippen molar-refractivity contribution >= 4 is 22.2 Å². The Morgan fingerprint density at radius 2 is 1.75 bits per heavy atom. The van der Waals surface area contributed by atoms with Gasteiger partial charge in [0.1, 0.15) is 18.2 Å². The lowest BCUT2D eigenvalue weighted by Crippen LogP contribution is -2.02. The summed E-state index contributed by atoms with van der Waals surface area (Å²) in [5, 5.41) is 0. The van der Waals surface area contributed by atoms with E-state index < -0.39 is 17.5 Å². The molecular formula is C14H8BrF3O2. The maximum Gasteiger partial charge on any atom is 0.161 e. The van der Waals surface area contributed by atoms with E-state index in [4.69, 9.17) is 4.74 Å². The van der Waals surface area contributed by atoms with Crippen molar-refractivity contribution in [3.63, 3.8) is 0 Å². The van der Waals surface area contributed by atoms with Crippen LogP contribution in [0.3, 0.4) is 0 Å². The van der Waals surface area contributed by atoms with Crippen LogP contribution in [-0.4, -0.2) is 6.29 Å². The molecule has 0 spiro atoms. The summed E-state index contributed by atoms with van der Waals surface area (Å²) in [6, 6.07) is 5.87. The summed E-state index contributed by atoms with van der Waals surface area (Å²) in [5.74, 6) is -3.10. The predicted molar refractivity (Wildman–Crippen MR) is 70.2 cm³/mol. The molecule has 0 bridgehead atoms. The Morgan fingerprint density at radius 1 is 1.05 bits per heavy atom. The number of ether oxygens (including phenoxy) is 1. The Balaban J connectivity index is 2.21. The Bertz CT molecular complexity index is 659. The van der Waals surface area contributed by atoms with Crippen molar-refractivity contribution in [3.05, 3.63) is 63.4 Å². The van der Waals surface area contributed by atoms with Crippen LogP contribution < -0.4 is 4.74 Å². The van der Waals surface area contributed by atoms with Crippen molar-refractivity contribution in [2.24, 2.45) is 0 Å². The van der Waals surface area contributed by atoms with E-state index in [1.807, 2.05) is 0 Å². The minimum Gasteiger partial charge on any atom is -0.488 e. The fourth-order valence-corrected chi connectivity index (χ4v) is 1.95. The molecule has 0 aliphatic rings. The highest BCUT2D eigenvalue weighted by Crippen LogP contribution is 2.23. The summed E-state index contributed by atoms with van der Waals surface area (Å²) in [6.07, 6.45) is 0.585. The van der Waals surface area contributed by atoms with Crippen LogP contribution >= 0.6 is 15.9 Å². The zero-order chi connectivity index (χ0) is 14.7. The van der Waals surface area contributed by atoms with Gasteiger partial charge in [0.15, 0.2) is 17.9 Å². The molecule has 0 radical (unpaired) electrons. The van der Waals surface area contributed by atoms with Crippen LogP contribution in [0.5, 0.6) is 5.75 Å². The molecule has 2 rings (SSSR count). The second kappa shape index (κ2) is 6.09. The van der Waals surface area contributed by atoms with Crippen molar-refractivity contribution in [1.29, 1.82) is 0 Å². The van der Waals surface area contributed by atoms with Gasteiger partial charge in [-0.05, 0) is 24.3 Å². The molecule has 104 valence electrons. The first-order chi connectivity index (χ1) is 9.51. The lowest BCUT2D eigenvalue weighted by atomic mass is 10.2. The second-order valence-corrected chi connectivity index (χ2v) is 4.86. The van der Waals surface area contributed by atoms with E-state index in [2.05, 4.69) is 15.9 Å². The third kappa shape index (κ3) is 3.19. The van der Waals surface area contributed by atoms with E-state index >= 15 is 0 Å². The van der Waals surface area contributed by atoms with Crippen LogP contribution in [0.25, 0.3) is 0 Å². The number of halogens is 4. The van der Waals surface area contributed by atoms with Gasteiger partial charge >= 0.3 is 0 Å². The van der Waals surface area contributed by atoms with Crippen molar-refractivity contribution in [2.45, 2.75) is 6.61 Å².